The van der Waals surface area contributed by atoms with Crippen LogP contribution in [0.3, 0.4) is 0 Å². The second-order valence-corrected chi connectivity index (χ2v) is 7.72. The van der Waals surface area contributed by atoms with Crippen molar-refractivity contribution >= 4 is 27.3 Å². The van der Waals surface area contributed by atoms with Crippen LogP contribution in [0, 0.1) is 0 Å². The fraction of sp³-hybridized carbons (Fsp3) is 0.412. The van der Waals surface area contributed by atoms with Gasteiger partial charge in [0.1, 0.15) is 0 Å². The maximum absolute atomic E-state index is 3.72. The van der Waals surface area contributed by atoms with Crippen LogP contribution in [0.2, 0.25) is 0 Å². The molecule has 0 fully saturated rings. The number of halogens is 1. The van der Waals surface area contributed by atoms with Gasteiger partial charge in [0, 0.05) is 10.9 Å². The summed E-state index contributed by atoms with van der Waals surface area (Å²) < 4.78 is 1.22. The lowest BCUT2D eigenvalue weighted by atomic mass is 9.91. The standard InChI is InChI=1S/C17H22BrNS/c1-3-11-19-16(12-15-9-10-17(18)20-15)13(2)14-7-5-4-6-8-14/h4-10,13,16,19H,3,11-12H2,1-2H3. The van der Waals surface area contributed by atoms with Gasteiger partial charge in [0.15, 0.2) is 0 Å². The van der Waals surface area contributed by atoms with E-state index < -0.39 is 0 Å². The van der Waals surface area contributed by atoms with E-state index in [1.54, 1.807) is 0 Å². The smallest absolute Gasteiger partial charge is 0.0701 e. The molecule has 0 radical (unpaired) electrons. The quantitative estimate of drug-likeness (QED) is 0.720. The van der Waals surface area contributed by atoms with Crippen molar-refractivity contribution in [3.05, 3.63) is 56.7 Å². The zero-order valence-electron chi connectivity index (χ0n) is 12.1. The van der Waals surface area contributed by atoms with E-state index in [1.165, 1.54) is 20.6 Å². The first-order valence-electron chi connectivity index (χ1n) is 7.23. The van der Waals surface area contributed by atoms with E-state index in [0.717, 1.165) is 13.0 Å². The summed E-state index contributed by atoms with van der Waals surface area (Å²) in [4.78, 5) is 1.44. The highest BCUT2D eigenvalue weighted by Gasteiger charge is 2.19. The fourth-order valence-corrected chi connectivity index (χ4v) is 3.96. The van der Waals surface area contributed by atoms with E-state index in [9.17, 15) is 0 Å². The third-order valence-corrected chi connectivity index (χ3v) is 5.28. The summed E-state index contributed by atoms with van der Waals surface area (Å²) in [5.74, 6) is 0.517. The predicted molar refractivity (Wildman–Crippen MR) is 92.7 cm³/mol. The van der Waals surface area contributed by atoms with Crippen LogP contribution in [0.15, 0.2) is 46.3 Å². The van der Waals surface area contributed by atoms with E-state index in [2.05, 4.69) is 77.6 Å². The summed E-state index contributed by atoms with van der Waals surface area (Å²) in [6.07, 6.45) is 2.26. The lowest BCUT2D eigenvalue weighted by Crippen LogP contribution is -2.36. The zero-order chi connectivity index (χ0) is 14.4. The maximum Gasteiger partial charge on any atom is 0.0701 e. The van der Waals surface area contributed by atoms with Gasteiger partial charge in [0.2, 0.25) is 0 Å². The molecule has 0 spiro atoms. The van der Waals surface area contributed by atoms with E-state index in [0.29, 0.717) is 12.0 Å². The third kappa shape index (κ3) is 4.44. The Kier molecular flexibility index (Phi) is 6.27. The van der Waals surface area contributed by atoms with Gasteiger partial charge < -0.3 is 5.32 Å². The number of thiophene rings is 1. The van der Waals surface area contributed by atoms with Crippen LogP contribution in [0.1, 0.15) is 36.6 Å². The van der Waals surface area contributed by atoms with Crippen LogP contribution in [0.5, 0.6) is 0 Å². The van der Waals surface area contributed by atoms with Crippen molar-refractivity contribution in [2.45, 2.75) is 38.6 Å². The topological polar surface area (TPSA) is 12.0 Å². The van der Waals surface area contributed by atoms with Gasteiger partial charge in [-0.1, -0.05) is 44.2 Å². The van der Waals surface area contributed by atoms with Crippen LogP contribution >= 0.6 is 27.3 Å². The molecule has 2 rings (SSSR count). The van der Waals surface area contributed by atoms with Crippen molar-refractivity contribution in [3.63, 3.8) is 0 Å². The molecule has 0 aliphatic carbocycles. The highest BCUT2D eigenvalue weighted by molar-refractivity contribution is 9.11. The fourth-order valence-electron chi connectivity index (χ4n) is 2.42. The van der Waals surface area contributed by atoms with Crippen LogP contribution in [-0.4, -0.2) is 12.6 Å². The molecule has 1 heterocycles. The molecule has 108 valence electrons. The van der Waals surface area contributed by atoms with Gasteiger partial charge in [-0.25, -0.2) is 0 Å². The van der Waals surface area contributed by atoms with E-state index in [4.69, 9.17) is 0 Å². The number of rotatable bonds is 7. The molecule has 2 atom stereocenters. The Hall–Kier alpha value is -0.640. The molecule has 0 aliphatic heterocycles. The Labute approximate surface area is 134 Å². The monoisotopic (exact) mass is 351 g/mol. The van der Waals surface area contributed by atoms with Crippen molar-refractivity contribution < 1.29 is 0 Å². The van der Waals surface area contributed by atoms with Gasteiger partial charge in [-0.3, -0.25) is 0 Å². The Morgan fingerprint density at radius 3 is 2.50 bits per heavy atom. The van der Waals surface area contributed by atoms with Crippen LogP contribution in [0.25, 0.3) is 0 Å². The zero-order valence-corrected chi connectivity index (χ0v) is 14.5. The van der Waals surface area contributed by atoms with Gasteiger partial charge in [-0.05, 0) is 58.9 Å². The maximum atomic E-state index is 3.72. The summed E-state index contributed by atoms with van der Waals surface area (Å²) in [7, 11) is 0. The minimum Gasteiger partial charge on any atom is -0.313 e. The Bertz CT molecular complexity index is 509. The van der Waals surface area contributed by atoms with Gasteiger partial charge in [0.05, 0.1) is 3.79 Å². The number of hydrogen-bond donors (Lipinski definition) is 1. The lowest BCUT2D eigenvalue weighted by Gasteiger charge is -2.25. The Morgan fingerprint density at radius 2 is 1.90 bits per heavy atom. The molecule has 1 aromatic heterocycles. The highest BCUT2D eigenvalue weighted by atomic mass is 79.9. The van der Waals surface area contributed by atoms with Crippen molar-refractivity contribution in [3.8, 4) is 0 Å². The SMILES string of the molecule is CCCNC(Cc1ccc(Br)s1)C(C)c1ccccc1. The summed E-state index contributed by atoms with van der Waals surface area (Å²) in [5.41, 5.74) is 1.41. The van der Waals surface area contributed by atoms with Crippen molar-refractivity contribution in [1.29, 1.82) is 0 Å². The number of benzene rings is 1. The van der Waals surface area contributed by atoms with Crippen LogP contribution < -0.4 is 5.32 Å². The van der Waals surface area contributed by atoms with E-state index >= 15 is 0 Å². The van der Waals surface area contributed by atoms with Crippen molar-refractivity contribution in [2.24, 2.45) is 0 Å². The van der Waals surface area contributed by atoms with Crippen LogP contribution in [-0.2, 0) is 6.42 Å². The van der Waals surface area contributed by atoms with Crippen molar-refractivity contribution in [1.82, 2.24) is 5.32 Å². The van der Waals surface area contributed by atoms with Gasteiger partial charge in [0.25, 0.3) is 0 Å². The average molecular weight is 352 g/mol. The lowest BCUT2D eigenvalue weighted by molar-refractivity contribution is 0.449. The summed E-state index contributed by atoms with van der Waals surface area (Å²) in [6.45, 7) is 5.62. The van der Waals surface area contributed by atoms with Gasteiger partial charge in [-0.2, -0.15) is 0 Å². The third-order valence-electron chi connectivity index (χ3n) is 3.64. The Balaban J connectivity index is 2.10. The minimum absolute atomic E-state index is 0.489. The molecule has 1 N–H and O–H groups in total. The first-order valence-corrected chi connectivity index (χ1v) is 8.84. The Morgan fingerprint density at radius 1 is 1.15 bits per heavy atom. The molecule has 1 aromatic carbocycles. The molecule has 0 amide bonds. The molecular weight excluding hydrogens is 330 g/mol. The molecule has 2 aromatic rings. The molecule has 1 nitrogen and oxygen atoms in total. The normalized spacial score (nSPS) is 14.2. The number of nitrogens with one attached hydrogen (secondary N) is 1. The molecular formula is C17H22BrNS. The molecule has 0 saturated heterocycles. The van der Waals surface area contributed by atoms with Gasteiger partial charge in [-0.15, -0.1) is 11.3 Å². The molecule has 3 heteroatoms. The van der Waals surface area contributed by atoms with Crippen LogP contribution in [0.4, 0.5) is 0 Å². The minimum atomic E-state index is 0.489. The second kappa shape index (κ2) is 7.96. The van der Waals surface area contributed by atoms with Crippen molar-refractivity contribution in [2.75, 3.05) is 6.54 Å². The van der Waals surface area contributed by atoms with E-state index in [1.807, 2.05) is 11.3 Å². The first kappa shape index (κ1) is 15.7. The largest absolute Gasteiger partial charge is 0.313 e. The average Bonchev–Trinajstić information content (AvgIpc) is 2.89. The highest BCUT2D eigenvalue weighted by Crippen LogP contribution is 2.27. The molecule has 0 saturated carbocycles. The molecule has 0 aliphatic rings. The second-order valence-electron chi connectivity index (χ2n) is 5.17. The molecule has 2 unspecified atom stereocenters. The predicted octanol–water partition coefficient (Wildman–Crippen LogP) is 5.23. The summed E-state index contributed by atoms with van der Waals surface area (Å²) >= 11 is 5.39. The number of hydrogen-bond acceptors (Lipinski definition) is 2. The summed E-state index contributed by atoms with van der Waals surface area (Å²) in [5, 5.41) is 3.72. The first-order chi connectivity index (χ1) is 9.70. The van der Waals surface area contributed by atoms with E-state index in [-0.39, 0.29) is 0 Å². The summed E-state index contributed by atoms with van der Waals surface area (Å²) in [6, 6.07) is 15.7. The molecule has 20 heavy (non-hydrogen) atoms. The van der Waals surface area contributed by atoms with Gasteiger partial charge >= 0.3 is 0 Å². The molecule has 0 bridgehead atoms.